The van der Waals surface area contributed by atoms with E-state index >= 15 is 0 Å². The third kappa shape index (κ3) is 4.24. The van der Waals surface area contributed by atoms with Crippen LogP contribution in [0.15, 0.2) is 29.2 Å². The monoisotopic (exact) mass is 382 g/mol. The van der Waals surface area contributed by atoms with Crippen molar-refractivity contribution in [3.05, 3.63) is 29.8 Å². The van der Waals surface area contributed by atoms with Crippen LogP contribution in [0.1, 0.15) is 45.1 Å². The summed E-state index contributed by atoms with van der Waals surface area (Å²) in [6.45, 7) is 4.62. The number of carbonyl (C=O) groups is 2. The van der Waals surface area contributed by atoms with Crippen molar-refractivity contribution in [2.24, 2.45) is 5.41 Å². The van der Waals surface area contributed by atoms with Gasteiger partial charge in [-0.3, -0.25) is 9.59 Å². The normalized spacial score (nSPS) is 16.1. The number of hydrogen-bond donors (Lipinski definition) is 2. The zero-order valence-electron chi connectivity index (χ0n) is 15.2. The van der Waals surface area contributed by atoms with Crippen LogP contribution in [-0.4, -0.2) is 42.8 Å². The minimum Gasteiger partial charge on any atom is -0.481 e. The number of sulfonamides is 1. The predicted molar refractivity (Wildman–Crippen MR) is 96.9 cm³/mol. The van der Waals surface area contributed by atoms with Gasteiger partial charge in [0.15, 0.2) is 0 Å². The summed E-state index contributed by atoms with van der Waals surface area (Å²) in [5.41, 5.74) is -0.152. The van der Waals surface area contributed by atoms with Gasteiger partial charge in [-0.25, -0.2) is 8.42 Å². The Morgan fingerprint density at radius 1 is 1.15 bits per heavy atom. The number of amides is 1. The zero-order chi connectivity index (χ0) is 19.4. The molecule has 0 saturated heterocycles. The van der Waals surface area contributed by atoms with Crippen LogP contribution in [0.2, 0.25) is 0 Å². The summed E-state index contributed by atoms with van der Waals surface area (Å²) >= 11 is 0. The standard InChI is InChI=1S/C18H26N2O5S/c1-3-20(4-2)26(24,25)15-8-6-14(7-9-15)13-19-16(21)12-18(17(22)23)10-5-11-18/h6-9H,3-5,10-13H2,1-2H3,(H,19,21)(H,22,23). The molecule has 144 valence electrons. The van der Waals surface area contributed by atoms with Crippen molar-refractivity contribution in [1.29, 1.82) is 0 Å². The molecule has 1 aromatic carbocycles. The van der Waals surface area contributed by atoms with Crippen LogP contribution < -0.4 is 5.32 Å². The first-order chi connectivity index (χ1) is 12.2. The molecule has 1 saturated carbocycles. The van der Waals surface area contributed by atoms with Crippen LogP contribution in [0.5, 0.6) is 0 Å². The number of carbonyl (C=O) groups excluding carboxylic acids is 1. The van der Waals surface area contributed by atoms with E-state index in [1.54, 1.807) is 26.0 Å². The number of benzene rings is 1. The van der Waals surface area contributed by atoms with E-state index in [2.05, 4.69) is 5.32 Å². The molecule has 2 rings (SSSR count). The second-order valence-corrected chi connectivity index (χ2v) is 8.56. The van der Waals surface area contributed by atoms with Crippen molar-refractivity contribution in [2.45, 2.75) is 51.0 Å². The SMILES string of the molecule is CCN(CC)S(=O)(=O)c1ccc(CNC(=O)CC2(C(=O)O)CCC2)cc1. The average Bonchev–Trinajstić information content (AvgIpc) is 2.57. The topological polar surface area (TPSA) is 104 Å². The van der Waals surface area contributed by atoms with Crippen LogP contribution >= 0.6 is 0 Å². The molecule has 0 spiro atoms. The number of nitrogens with zero attached hydrogens (tertiary/aromatic N) is 1. The number of hydrogen-bond acceptors (Lipinski definition) is 4. The molecule has 1 aliphatic carbocycles. The molecule has 0 heterocycles. The summed E-state index contributed by atoms with van der Waals surface area (Å²) in [6.07, 6.45) is 1.89. The van der Waals surface area contributed by atoms with E-state index < -0.39 is 21.4 Å². The summed E-state index contributed by atoms with van der Waals surface area (Å²) in [5, 5.41) is 12.0. The van der Waals surface area contributed by atoms with Crippen molar-refractivity contribution in [1.82, 2.24) is 9.62 Å². The molecule has 0 aliphatic heterocycles. The Labute approximate surface area is 154 Å². The van der Waals surface area contributed by atoms with E-state index in [9.17, 15) is 23.1 Å². The van der Waals surface area contributed by atoms with Gasteiger partial charge in [0.1, 0.15) is 0 Å². The molecule has 0 unspecified atom stereocenters. The Kier molecular flexibility index (Phi) is 6.41. The number of rotatable bonds is 9. The molecule has 7 nitrogen and oxygen atoms in total. The van der Waals surface area contributed by atoms with Crippen molar-refractivity contribution >= 4 is 21.9 Å². The van der Waals surface area contributed by atoms with E-state index in [0.29, 0.717) is 25.9 Å². The fourth-order valence-corrected chi connectivity index (χ4v) is 4.59. The molecule has 26 heavy (non-hydrogen) atoms. The maximum atomic E-state index is 12.4. The fourth-order valence-electron chi connectivity index (χ4n) is 3.13. The van der Waals surface area contributed by atoms with Gasteiger partial charge in [-0.15, -0.1) is 0 Å². The Hall–Kier alpha value is -1.93. The lowest BCUT2D eigenvalue weighted by Crippen LogP contribution is -2.42. The molecule has 1 aromatic rings. The first-order valence-electron chi connectivity index (χ1n) is 8.84. The average molecular weight is 382 g/mol. The molecule has 8 heteroatoms. The van der Waals surface area contributed by atoms with Crippen molar-refractivity contribution in [2.75, 3.05) is 13.1 Å². The van der Waals surface area contributed by atoms with Gasteiger partial charge in [0.05, 0.1) is 10.3 Å². The highest BCUT2D eigenvalue weighted by Gasteiger charge is 2.45. The van der Waals surface area contributed by atoms with Gasteiger partial charge in [0, 0.05) is 26.1 Å². The van der Waals surface area contributed by atoms with Gasteiger partial charge in [-0.05, 0) is 30.5 Å². The molecule has 0 atom stereocenters. The minimum absolute atomic E-state index is 0.0171. The number of nitrogens with one attached hydrogen (secondary N) is 1. The fraction of sp³-hybridized carbons (Fsp3) is 0.556. The van der Waals surface area contributed by atoms with Crippen molar-refractivity contribution in [3.63, 3.8) is 0 Å². The molecule has 0 radical (unpaired) electrons. The van der Waals surface area contributed by atoms with Gasteiger partial charge in [-0.2, -0.15) is 4.31 Å². The number of carboxylic acid groups (broad SMARTS) is 1. The first kappa shape index (κ1) is 20.4. The smallest absolute Gasteiger partial charge is 0.310 e. The maximum Gasteiger partial charge on any atom is 0.310 e. The van der Waals surface area contributed by atoms with Crippen LogP contribution in [0.4, 0.5) is 0 Å². The van der Waals surface area contributed by atoms with E-state index in [4.69, 9.17) is 0 Å². The van der Waals surface area contributed by atoms with Crippen LogP contribution in [0, 0.1) is 5.41 Å². The Bertz CT molecular complexity index is 750. The molecular formula is C18H26N2O5S. The van der Waals surface area contributed by atoms with Crippen LogP contribution in [0.3, 0.4) is 0 Å². The predicted octanol–water partition coefficient (Wildman–Crippen LogP) is 1.98. The molecule has 1 aliphatic rings. The molecule has 1 fully saturated rings. The lowest BCUT2D eigenvalue weighted by atomic mass is 9.66. The van der Waals surface area contributed by atoms with Crippen molar-refractivity contribution < 1.29 is 23.1 Å². The Balaban J connectivity index is 1.95. The lowest BCUT2D eigenvalue weighted by molar-refractivity contribution is -0.157. The maximum absolute atomic E-state index is 12.4. The van der Waals surface area contributed by atoms with Gasteiger partial charge in [0.25, 0.3) is 0 Å². The molecule has 0 bridgehead atoms. The summed E-state index contributed by atoms with van der Waals surface area (Å²) in [7, 11) is -3.50. The first-order valence-corrected chi connectivity index (χ1v) is 10.3. The third-order valence-corrected chi connectivity index (χ3v) is 7.08. The van der Waals surface area contributed by atoms with E-state index in [1.807, 2.05) is 0 Å². The van der Waals surface area contributed by atoms with Crippen molar-refractivity contribution in [3.8, 4) is 0 Å². The molecule has 1 amide bonds. The molecule has 0 aromatic heterocycles. The largest absolute Gasteiger partial charge is 0.481 e. The summed E-state index contributed by atoms with van der Waals surface area (Å²) in [4.78, 5) is 23.6. The summed E-state index contributed by atoms with van der Waals surface area (Å²) in [6, 6.07) is 6.37. The van der Waals surface area contributed by atoms with Gasteiger partial charge >= 0.3 is 5.97 Å². The van der Waals surface area contributed by atoms with E-state index in [1.165, 1.54) is 16.4 Å². The Morgan fingerprint density at radius 3 is 2.15 bits per heavy atom. The van der Waals surface area contributed by atoms with Crippen LogP contribution in [0.25, 0.3) is 0 Å². The third-order valence-electron chi connectivity index (χ3n) is 5.02. The molecule has 2 N–H and O–H groups in total. The van der Waals surface area contributed by atoms with E-state index in [-0.39, 0.29) is 23.8 Å². The minimum atomic E-state index is -3.50. The number of aliphatic carboxylic acids is 1. The van der Waals surface area contributed by atoms with Gasteiger partial charge in [-0.1, -0.05) is 32.4 Å². The zero-order valence-corrected chi connectivity index (χ0v) is 16.0. The Morgan fingerprint density at radius 2 is 1.73 bits per heavy atom. The highest BCUT2D eigenvalue weighted by molar-refractivity contribution is 7.89. The second-order valence-electron chi connectivity index (χ2n) is 6.63. The van der Waals surface area contributed by atoms with Gasteiger partial charge in [0.2, 0.25) is 15.9 Å². The second kappa shape index (κ2) is 8.18. The molecular weight excluding hydrogens is 356 g/mol. The van der Waals surface area contributed by atoms with Crippen LogP contribution in [-0.2, 0) is 26.2 Å². The van der Waals surface area contributed by atoms with Gasteiger partial charge < -0.3 is 10.4 Å². The lowest BCUT2D eigenvalue weighted by Gasteiger charge is -2.36. The number of carboxylic acids is 1. The van der Waals surface area contributed by atoms with E-state index in [0.717, 1.165) is 12.0 Å². The highest BCUT2D eigenvalue weighted by atomic mass is 32.2. The quantitative estimate of drug-likeness (QED) is 0.680. The summed E-state index contributed by atoms with van der Waals surface area (Å²) < 4.78 is 26.2. The highest BCUT2D eigenvalue weighted by Crippen LogP contribution is 2.44. The summed E-state index contributed by atoms with van der Waals surface area (Å²) in [5.74, 6) is -1.21.